The van der Waals surface area contributed by atoms with Gasteiger partial charge in [0.1, 0.15) is 11.6 Å². The fourth-order valence-corrected chi connectivity index (χ4v) is 3.27. The highest BCUT2D eigenvalue weighted by Crippen LogP contribution is 2.33. The van der Waals surface area contributed by atoms with Crippen LogP contribution in [0.2, 0.25) is 0 Å². The van der Waals surface area contributed by atoms with E-state index in [0.717, 1.165) is 39.0 Å². The summed E-state index contributed by atoms with van der Waals surface area (Å²) in [5, 5.41) is 3.29. The van der Waals surface area contributed by atoms with E-state index in [2.05, 4.69) is 40.0 Å². The second kappa shape index (κ2) is 10.8. The molecule has 134 valence electrons. The fourth-order valence-electron chi connectivity index (χ4n) is 2.87. The third-order valence-corrected chi connectivity index (χ3v) is 4.44. The molecule has 0 unspecified atom stereocenters. The van der Waals surface area contributed by atoms with Crippen LogP contribution in [0.15, 0.2) is 16.6 Å². The first-order valence-corrected chi connectivity index (χ1v) is 8.37. The van der Waals surface area contributed by atoms with Crippen LogP contribution < -0.4 is 5.32 Å². The van der Waals surface area contributed by atoms with Gasteiger partial charge in [0.25, 0.3) is 0 Å². The van der Waals surface area contributed by atoms with E-state index >= 15 is 0 Å². The SMILES string of the molecule is CC(C)CC[C@@H](c1c(F)cc(Br)cc1F)N1CCNCC1.Cl.Cl. The normalized spacial score (nSPS) is 16.6. The standard InChI is InChI=1S/C16H23BrF2N2.2ClH/c1-11(2)3-4-15(21-7-5-20-6-8-21)16-13(18)9-12(17)10-14(16)19;;/h9-11,15,20H,3-8H2,1-2H3;2*1H/t15-;;/m0../s1. The third kappa shape index (κ3) is 6.46. The van der Waals surface area contributed by atoms with Gasteiger partial charge in [-0.05, 0) is 30.9 Å². The van der Waals surface area contributed by atoms with Crippen molar-refractivity contribution in [2.45, 2.75) is 32.7 Å². The Morgan fingerprint density at radius 1 is 1.09 bits per heavy atom. The highest BCUT2D eigenvalue weighted by atomic mass is 79.9. The lowest BCUT2D eigenvalue weighted by molar-refractivity contribution is 0.153. The topological polar surface area (TPSA) is 15.3 Å². The lowest BCUT2D eigenvalue weighted by Crippen LogP contribution is -2.45. The van der Waals surface area contributed by atoms with Crippen molar-refractivity contribution >= 4 is 40.7 Å². The number of hydrogen-bond acceptors (Lipinski definition) is 2. The summed E-state index contributed by atoms with van der Waals surface area (Å²) in [5.41, 5.74) is 0.223. The van der Waals surface area contributed by atoms with Crippen molar-refractivity contribution in [2.24, 2.45) is 5.92 Å². The van der Waals surface area contributed by atoms with Crippen LogP contribution in [0.1, 0.15) is 38.3 Å². The van der Waals surface area contributed by atoms with E-state index < -0.39 is 11.6 Å². The predicted molar refractivity (Wildman–Crippen MR) is 99.8 cm³/mol. The second-order valence-electron chi connectivity index (χ2n) is 6.06. The van der Waals surface area contributed by atoms with Crippen LogP contribution in [-0.4, -0.2) is 31.1 Å². The molecule has 1 aromatic rings. The van der Waals surface area contributed by atoms with Crippen molar-refractivity contribution in [2.75, 3.05) is 26.2 Å². The summed E-state index contributed by atoms with van der Waals surface area (Å²) in [6, 6.07) is 2.55. The highest BCUT2D eigenvalue weighted by molar-refractivity contribution is 9.10. The lowest BCUT2D eigenvalue weighted by Gasteiger charge is -2.36. The Balaban J connectivity index is 0.00000242. The summed E-state index contributed by atoms with van der Waals surface area (Å²) in [4.78, 5) is 2.20. The van der Waals surface area contributed by atoms with Gasteiger partial charge in [-0.2, -0.15) is 0 Å². The number of nitrogens with zero attached hydrogens (tertiary/aromatic N) is 1. The molecular formula is C16H25BrCl2F2N2. The maximum atomic E-state index is 14.3. The molecule has 0 spiro atoms. The molecule has 0 aliphatic carbocycles. The van der Waals surface area contributed by atoms with Crippen molar-refractivity contribution in [1.82, 2.24) is 10.2 Å². The predicted octanol–water partition coefficient (Wildman–Crippen LogP) is 4.95. The summed E-state index contributed by atoms with van der Waals surface area (Å²) in [5.74, 6) is -0.375. The van der Waals surface area contributed by atoms with Crippen LogP contribution in [0, 0.1) is 17.6 Å². The molecule has 2 nitrogen and oxygen atoms in total. The van der Waals surface area contributed by atoms with Crippen LogP contribution in [0.4, 0.5) is 8.78 Å². The number of rotatable bonds is 5. The quantitative estimate of drug-likeness (QED) is 0.706. The highest BCUT2D eigenvalue weighted by Gasteiger charge is 2.27. The van der Waals surface area contributed by atoms with E-state index in [1.165, 1.54) is 12.1 Å². The first-order valence-electron chi connectivity index (χ1n) is 7.58. The molecule has 7 heteroatoms. The van der Waals surface area contributed by atoms with Gasteiger partial charge in [-0.25, -0.2) is 8.78 Å². The third-order valence-electron chi connectivity index (χ3n) is 3.99. The number of nitrogens with one attached hydrogen (secondary N) is 1. The van der Waals surface area contributed by atoms with E-state index in [0.29, 0.717) is 10.4 Å². The van der Waals surface area contributed by atoms with Gasteiger partial charge in [0.15, 0.2) is 0 Å². The van der Waals surface area contributed by atoms with Crippen LogP contribution in [0.5, 0.6) is 0 Å². The van der Waals surface area contributed by atoms with E-state index in [1.54, 1.807) is 0 Å². The van der Waals surface area contributed by atoms with Gasteiger partial charge in [-0.1, -0.05) is 29.8 Å². The second-order valence-corrected chi connectivity index (χ2v) is 6.97. The van der Waals surface area contributed by atoms with E-state index in [1.807, 2.05) is 0 Å². The number of piperazine rings is 1. The molecule has 0 amide bonds. The maximum absolute atomic E-state index is 14.3. The molecule has 1 N–H and O–H groups in total. The Labute approximate surface area is 158 Å². The zero-order chi connectivity index (χ0) is 15.4. The minimum atomic E-state index is -0.450. The zero-order valence-electron chi connectivity index (χ0n) is 13.4. The largest absolute Gasteiger partial charge is 0.314 e. The first-order chi connectivity index (χ1) is 9.99. The van der Waals surface area contributed by atoms with Crippen molar-refractivity contribution in [3.63, 3.8) is 0 Å². The molecule has 1 atom stereocenters. The average molecular weight is 434 g/mol. The van der Waals surface area contributed by atoms with Crippen molar-refractivity contribution in [1.29, 1.82) is 0 Å². The summed E-state index contributed by atoms with van der Waals surface area (Å²) in [7, 11) is 0. The van der Waals surface area contributed by atoms with Gasteiger partial charge < -0.3 is 5.32 Å². The Morgan fingerprint density at radius 2 is 1.61 bits per heavy atom. The van der Waals surface area contributed by atoms with Crippen LogP contribution in [0.25, 0.3) is 0 Å². The summed E-state index contributed by atoms with van der Waals surface area (Å²) >= 11 is 3.15. The van der Waals surface area contributed by atoms with Gasteiger partial charge in [-0.3, -0.25) is 4.90 Å². The van der Waals surface area contributed by atoms with Crippen molar-refractivity contribution < 1.29 is 8.78 Å². The minimum absolute atomic E-state index is 0. The monoisotopic (exact) mass is 432 g/mol. The smallest absolute Gasteiger partial charge is 0.132 e. The first kappa shape index (κ1) is 23.1. The van der Waals surface area contributed by atoms with Gasteiger partial charge in [0, 0.05) is 42.3 Å². The molecule has 0 bridgehead atoms. The molecule has 1 aromatic carbocycles. The molecule has 23 heavy (non-hydrogen) atoms. The number of benzene rings is 1. The van der Waals surface area contributed by atoms with Crippen LogP contribution >= 0.6 is 40.7 Å². The summed E-state index contributed by atoms with van der Waals surface area (Å²) in [6.07, 6.45) is 1.75. The average Bonchev–Trinajstić information content (AvgIpc) is 2.42. The number of halogens is 5. The molecule has 1 heterocycles. The van der Waals surface area contributed by atoms with Gasteiger partial charge in [0.05, 0.1) is 0 Å². The van der Waals surface area contributed by atoms with Crippen LogP contribution in [0.3, 0.4) is 0 Å². The van der Waals surface area contributed by atoms with Crippen molar-refractivity contribution in [3.05, 3.63) is 33.8 Å². The lowest BCUT2D eigenvalue weighted by atomic mass is 9.95. The fraction of sp³-hybridized carbons (Fsp3) is 0.625. The van der Waals surface area contributed by atoms with Crippen LogP contribution in [-0.2, 0) is 0 Å². The van der Waals surface area contributed by atoms with Gasteiger partial charge in [-0.15, -0.1) is 24.8 Å². The summed E-state index contributed by atoms with van der Waals surface area (Å²) < 4.78 is 29.1. The Morgan fingerprint density at radius 3 is 2.09 bits per heavy atom. The Kier molecular flexibility index (Phi) is 10.9. The van der Waals surface area contributed by atoms with Gasteiger partial charge in [0.2, 0.25) is 0 Å². The molecule has 0 saturated carbocycles. The van der Waals surface area contributed by atoms with Crippen molar-refractivity contribution in [3.8, 4) is 0 Å². The Bertz CT molecular complexity index is 460. The molecule has 1 aliphatic rings. The molecule has 0 radical (unpaired) electrons. The summed E-state index contributed by atoms with van der Waals surface area (Å²) in [6.45, 7) is 7.69. The number of hydrogen-bond donors (Lipinski definition) is 1. The van der Waals surface area contributed by atoms with E-state index in [-0.39, 0.29) is 36.4 Å². The molecular weight excluding hydrogens is 409 g/mol. The zero-order valence-corrected chi connectivity index (χ0v) is 16.7. The minimum Gasteiger partial charge on any atom is -0.314 e. The van der Waals surface area contributed by atoms with E-state index in [4.69, 9.17) is 0 Å². The molecule has 1 fully saturated rings. The maximum Gasteiger partial charge on any atom is 0.132 e. The van der Waals surface area contributed by atoms with Gasteiger partial charge >= 0.3 is 0 Å². The van der Waals surface area contributed by atoms with E-state index in [9.17, 15) is 8.78 Å². The molecule has 0 aromatic heterocycles. The molecule has 1 saturated heterocycles. The molecule has 2 rings (SSSR count). The molecule has 1 aliphatic heterocycles. The Hall–Kier alpha value is 0.0600.